The van der Waals surface area contributed by atoms with Crippen LogP contribution in [0.25, 0.3) is 0 Å². The largest absolute Gasteiger partial charge is 0.382 e. The van der Waals surface area contributed by atoms with E-state index in [4.69, 9.17) is 9.47 Å². The molecule has 4 nitrogen and oxygen atoms in total. The van der Waals surface area contributed by atoms with Gasteiger partial charge in [-0.2, -0.15) is 0 Å². The van der Waals surface area contributed by atoms with Crippen molar-refractivity contribution in [3.8, 4) is 0 Å². The van der Waals surface area contributed by atoms with Crippen LogP contribution >= 0.6 is 0 Å². The molecule has 0 aromatic carbocycles. The fourth-order valence-corrected chi connectivity index (χ4v) is 1.42. The number of nitrogens with one attached hydrogen (secondary N) is 1. The van der Waals surface area contributed by atoms with Crippen LogP contribution in [-0.2, 0) is 15.9 Å². The minimum absolute atomic E-state index is 0.119. The van der Waals surface area contributed by atoms with Crippen molar-refractivity contribution in [3.63, 3.8) is 0 Å². The molecule has 0 aliphatic heterocycles. The van der Waals surface area contributed by atoms with Crippen LogP contribution in [0.2, 0.25) is 0 Å². The lowest BCUT2D eigenvalue weighted by molar-refractivity contribution is 0.0291. The molecule has 0 saturated carbocycles. The molecule has 1 unspecified atom stereocenters. The summed E-state index contributed by atoms with van der Waals surface area (Å²) in [6.07, 6.45) is 2.87. The minimum Gasteiger partial charge on any atom is -0.382 e. The van der Waals surface area contributed by atoms with Gasteiger partial charge in [-0.05, 0) is 12.1 Å². The maximum Gasteiger partial charge on any atom is 0.0928 e. The molecule has 0 spiro atoms. The molecule has 0 bridgehead atoms. The first-order chi connectivity index (χ1) is 7.86. The second-order valence-corrected chi connectivity index (χ2v) is 3.59. The highest BCUT2D eigenvalue weighted by Gasteiger charge is 2.05. The maximum absolute atomic E-state index is 5.24. The summed E-state index contributed by atoms with van der Waals surface area (Å²) in [5.74, 6) is 0. The van der Waals surface area contributed by atoms with E-state index in [-0.39, 0.29) is 6.10 Å². The molecular formula is C12H20N2O2. The van der Waals surface area contributed by atoms with Gasteiger partial charge in [0.15, 0.2) is 0 Å². The Morgan fingerprint density at radius 2 is 2.25 bits per heavy atom. The lowest BCUT2D eigenvalue weighted by Gasteiger charge is -2.14. The van der Waals surface area contributed by atoms with Gasteiger partial charge in [-0.25, -0.2) is 0 Å². The van der Waals surface area contributed by atoms with E-state index >= 15 is 0 Å². The van der Waals surface area contributed by atoms with Crippen LogP contribution in [0.3, 0.4) is 0 Å². The fourth-order valence-electron chi connectivity index (χ4n) is 1.42. The normalized spacial score (nSPS) is 12.6. The molecular weight excluding hydrogens is 204 g/mol. The molecule has 1 atom stereocenters. The first-order valence-corrected chi connectivity index (χ1v) is 5.49. The molecule has 0 aliphatic rings. The lowest BCUT2D eigenvalue weighted by Crippen LogP contribution is -2.32. The van der Waals surface area contributed by atoms with Gasteiger partial charge >= 0.3 is 0 Å². The van der Waals surface area contributed by atoms with Crippen molar-refractivity contribution in [1.82, 2.24) is 10.3 Å². The first kappa shape index (κ1) is 13.1. The Labute approximate surface area is 97.0 Å². The molecule has 1 aromatic rings. The zero-order chi connectivity index (χ0) is 11.6. The fraction of sp³-hybridized carbons (Fsp3) is 0.583. The molecule has 1 heterocycles. The maximum atomic E-state index is 5.24. The van der Waals surface area contributed by atoms with E-state index in [1.807, 2.05) is 24.4 Å². The van der Waals surface area contributed by atoms with Gasteiger partial charge in [0.2, 0.25) is 0 Å². The van der Waals surface area contributed by atoms with Crippen molar-refractivity contribution >= 4 is 0 Å². The zero-order valence-electron chi connectivity index (χ0n) is 9.98. The first-order valence-electron chi connectivity index (χ1n) is 5.49. The number of methoxy groups -OCH3 is 2. The van der Waals surface area contributed by atoms with Gasteiger partial charge in [-0.15, -0.1) is 0 Å². The monoisotopic (exact) mass is 224 g/mol. The van der Waals surface area contributed by atoms with Crippen LogP contribution in [0, 0.1) is 0 Å². The number of ether oxygens (including phenoxy) is 2. The Balaban J connectivity index is 2.11. The highest BCUT2D eigenvalue weighted by molar-refractivity contribution is 5.03. The van der Waals surface area contributed by atoms with Gasteiger partial charge < -0.3 is 14.8 Å². The summed E-state index contributed by atoms with van der Waals surface area (Å²) >= 11 is 0. The van der Waals surface area contributed by atoms with Crippen molar-refractivity contribution in [2.24, 2.45) is 0 Å². The van der Waals surface area contributed by atoms with Crippen LogP contribution in [0.15, 0.2) is 24.4 Å². The molecule has 1 aromatic heterocycles. The van der Waals surface area contributed by atoms with Gasteiger partial charge in [0, 0.05) is 45.6 Å². The quantitative estimate of drug-likeness (QED) is 0.666. The molecule has 16 heavy (non-hydrogen) atoms. The standard InChI is InChI=1S/C12H20N2O2/c1-15-10-12(16-2)9-13-8-6-11-5-3-4-7-14-11/h3-5,7,12-13H,6,8-10H2,1-2H3. The predicted molar refractivity (Wildman–Crippen MR) is 63.5 cm³/mol. The zero-order valence-corrected chi connectivity index (χ0v) is 9.98. The van der Waals surface area contributed by atoms with E-state index in [1.165, 1.54) is 0 Å². The smallest absolute Gasteiger partial charge is 0.0928 e. The van der Waals surface area contributed by atoms with Gasteiger partial charge in [-0.3, -0.25) is 4.98 Å². The number of rotatable bonds is 8. The molecule has 1 N–H and O–H groups in total. The average Bonchev–Trinajstić information content (AvgIpc) is 2.34. The average molecular weight is 224 g/mol. The van der Waals surface area contributed by atoms with Crippen LogP contribution in [0.4, 0.5) is 0 Å². The van der Waals surface area contributed by atoms with E-state index in [2.05, 4.69) is 10.3 Å². The number of hydrogen-bond donors (Lipinski definition) is 1. The Kier molecular flexibility index (Phi) is 6.72. The van der Waals surface area contributed by atoms with Crippen molar-refractivity contribution in [3.05, 3.63) is 30.1 Å². The highest BCUT2D eigenvalue weighted by Crippen LogP contribution is 1.94. The van der Waals surface area contributed by atoms with Crippen molar-refractivity contribution in [2.75, 3.05) is 33.9 Å². The van der Waals surface area contributed by atoms with Crippen molar-refractivity contribution in [2.45, 2.75) is 12.5 Å². The summed E-state index contributed by atoms with van der Waals surface area (Å²) in [4.78, 5) is 4.26. The van der Waals surface area contributed by atoms with Crippen LogP contribution < -0.4 is 5.32 Å². The van der Waals surface area contributed by atoms with Gasteiger partial charge in [-0.1, -0.05) is 6.07 Å². The summed E-state index contributed by atoms with van der Waals surface area (Å²) in [5.41, 5.74) is 1.11. The Morgan fingerprint density at radius 1 is 1.38 bits per heavy atom. The summed E-state index contributed by atoms with van der Waals surface area (Å²) in [6, 6.07) is 5.96. The Morgan fingerprint density at radius 3 is 2.88 bits per heavy atom. The molecule has 1 rings (SSSR count). The van der Waals surface area contributed by atoms with E-state index in [0.29, 0.717) is 6.61 Å². The lowest BCUT2D eigenvalue weighted by atomic mass is 10.2. The molecule has 0 aliphatic carbocycles. The number of nitrogens with zero attached hydrogens (tertiary/aromatic N) is 1. The van der Waals surface area contributed by atoms with Crippen LogP contribution in [0.1, 0.15) is 5.69 Å². The number of pyridine rings is 1. The van der Waals surface area contributed by atoms with Crippen molar-refractivity contribution < 1.29 is 9.47 Å². The van der Waals surface area contributed by atoms with E-state index < -0.39 is 0 Å². The number of aromatic nitrogens is 1. The second kappa shape index (κ2) is 8.21. The van der Waals surface area contributed by atoms with E-state index in [1.54, 1.807) is 14.2 Å². The van der Waals surface area contributed by atoms with Crippen LogP contribution in [-0.4, -0.2) is 45.0 Å². The Hall–Kier alpha value is -0.970. The van der Waals surface area contributed by atoms with Crippen LogP contribution in [0.5, 0.6) is 0 Å². The van der Waals surface area contributed by atoms with Crippen molar-refractivity contribution in [1.29, 1.82) is 0 Å². The third-order valence-corrected chi connectivity index (χ3v) is 2.34. The van der Waals surface area contributed by atoms with E-state index in [9.17, 15) is 0 Å². The third-order valence-electron chi connectivity index (χ3n) is 2.34. The third kappa shape index (κ3) is 5.21. The van der Waals surface area contributed by atoms with Gasteiger partial charge in [0.1, 0.15) is 0 Å². The SMILES string of the molecule is COCC(CNCCc1ccccn1)OC. The minimum atomic E-state index is 0.119. The van der Waals surface area contributed by atoms with E-state index in [0.717, 1.165) is 25.2 Å². The Bertz CT molecular complexity index is 267. The second-order valence-electron chi connectivity index (χ2n) is 3.59. The summed E-state index contributed by atoms with van der Waals surface area (Å²) < 4.78 is 10.3. The predicted octanol–water partition coefficient (Wildman–Crippen LogP) is 0.875. The molecule has 0 saturated heterocycles. The topological polar surface area (TPSA) is 43.4 Å². The van der Waals surface area contributed by atoms with Gasteiger partial charge in [0.25, 0.3) is 0 Å². The summed E-state index contributed by atoms with van der Waals surface area (Å²) in [6.45, 7) is 2.32. The highest BCUT2D eigenvalue weighted by atomic mass is 16.5. The molecule has 0 amide bonds. The number of hydrogen-bond acceptors (Lipinski definition) is 4. The summed E-state index contributed by atoms with van der Waals surface area (Å²) in [7, 11) is 3.38. The summed E-state index contributed by atoms with van der Waals surface area (Å²) in [5, 5.41) is 3.32. The molecule has 90 valence electrons. The molecule has 0 fully saturated rings. The van der Waals surface area contributed by atoms with Gasteiger partial charge in [0.05, 0.1) is 12.7 Å². The molecule has 4 heteroatoms. The molecule has 0 radical (unpaired) electrons.